The number of hydrogen-bond donors (Lipinski definition) is 1. The number of hydrogen-bond acceptors (Lipinski definition) is 5. The second-order valence-electron chi connectivity index (χ2n) is 5.87. The Balaban J connectivity index is 1.51. The Bertz CT molecular complexity index is 1060. The van der Waals surface area contributed by atoms with Crippen LogP contribution in [0.25, 0.3) is 20.9 Å². The molecule has 1 amide bonds. The number of carbonyl (C=O) groups is 1. The van der Waals surface area contributed by atoms with E-state index in [0.717, 1.165) is 15.8 Å². The van der Waals surface area contributed by atoms with Gasteiger partial charge < -0.3 is 5.32 Å². The standard InChI is InChI=1S/C20H15ClN4OS/c21-14-7-5-13(6-8-14)9-10-24-19(26)17-18(23-12-11-22-17)20-25-15-3-1-2-4-16(15)27-20/h1-8,11-12H,9-10H2,(H,24,26). The minimum Gasteiger partial charge on any atom is -0.350 e. The van der Waals surface area contributed by atoms with Gasteiger partial charge in [-0.3, -0.25) is 4.79 Å². The maximum absolute atomic E-state index is 12.6. The number of carbonyl (C=O) groups excluding carboxylic acids is 1. The molecule has 2 heterocycles. The van der Waals surface area contributed by atoms with Crippen LogP contribution < -0.4 is 5.32 Å². The summed E-state index contributed by atoms with van der Waals surface area (Å²) in [6.07, 6.45) is 3.80. The number of benzene rings is 2. The van der Waals surface area contributed by atoms with Gasteiger partial charge in [0.2, 0.25) is 0 Å². The smallest absolute Gasteiger partial charge is 0.272 e. The summed E-state index contributed by atoms with van der Waals surface area (Å²) >= 11 is 7.39. The molecule has 0 saturated heterocycles. The van der Waals surface area contributed by atoms with E-state index in [4.69, 9.17) is 11.6 Å². The van der Waals surface area contributed by atoms with Crippen LogP contribution in [-0.4, -0.2) is 27.4 Å². The topological polar surface area (TPSA) is 67.8 Å². The first-order chi connectivity index (χ1) is 13.2. The zero-order valence-corrected chi connectivity index (χ0v) is 15.8. The molecule has 5 nitrogen and oxygen atoms in total. The Hall–Kier alpha value is -2.83. The zero-order valence-electron chi connectivity index (χ0n) is 14.2. The van der Waals surface area contributed by atoms with Crippen LogP contribution in [0.2, 0.25) is 5.02 Å². The van der Waals surface area contributed by atoms with Gasteiger partial charge >= 0.3 is 0 Å². The van der Waals surface area contributed by atoms with Crippen molar-refractivity contribution in [3.05, 3.63) is 77.2 Å². The number of fused-ring (bicyclic) bond motifs is 1. The van der Waals surface area contributed by atoms with Gasteiger partial charge in [0.25, 0.3) is 5.91 Å². The van der Waals surface area contributed by atoms with E-state index in [9.17, 15) is 4.79 Å². The van der Waals surface area contributed by atoms with Crippen molar-refractivity contribution in [1.82, 2.24) is 20.3 Å². The maximum atomic E-state index is 12.6. The van der Waals surface area contributed by atoms with Crippen molar-refractivity contribution >= 4 is 39.1 Å². The van der Waals surface area contributed by atoms with Crippen molar-refractivity contribution in [2.24, 2.45) is 0 Å². The van der Waals surface area contributed by atoms with Crippen LogP contribution in [0.5, 0.6) is 0 Å². The molecule has 0 aliphatic rings. The third-order valence-electron chi connectivity index (χ3n) is 4.02. The molecule has 0 unspecified atom stereocenters. The molecule has 0 radical (unpaired) electrons. The van der Waals surface area contributed by atoms with E-state index < -0.39 is 0 Å². The summed E-state index contributed by atoms with van der Waals surface area (Å²) in [5.41, 5.74) is 2.78. The first-order valence-corrected chi connectivity index (χ1v) is 9.60. The van der Waals surface area contributed by atoms with E-state index in [0.29, 0.717) is 28.7 Å². The van der Waals surface area contributed by atoms with Crippen molar-refractivity contribution in [2.45, 2.75) is 6.42 Å². The molecular formula is C20H15ClN4OS. The molecule has 0 spiro atoms. The second kappa shape index (κ2) is 7.82. The highest BCUT2D eigenvalue weighted by Crippen LogP contribution is 2.29. The van der Waals surface area contributed by atoms with Gasteiger partial charge in [-0.05, 0) is 36.2 Å². The molecule has 1 N–H and O–H groups in total. The molecule has 134 valence electrons. The number of halogens is 1. The lowest BCUT2D eigenvalue weighted by molar-refractivity contribution is 0.0949. The van der Waals surface area contributed by atoms with Crippen molar-refractivity contribution in [1.29, 1.82) is 0 Å². The van der Waals surface area contributed by atoms with E-state index in [-0.39, 0.29) is 11.6 Å². The molecule has 0 aliphatic heterocycles. The van der Waals surface area contributed by atoms with Crippen LogP contribution in [0.15, 0.2) is 60.9 Å². The number of thiazole rings is 1. The molecule has 2 aromatic carbocycles. The van der Waals surface area contributed by atoms with Crippen LogP contribution in [0.4, 0.5) is 0 Å². The van der Waals surface area contributed by atoms with E-state index in [1.54, 1.807) is 6.20 Å². The Morgan fingerprint density at radius 3 is 2.63 bits per heavy atom. The summed E-state index contributed by atoms with van der Waals surface area (Å²) in [5.74, 6) is -0.258. The van der Waals surface area contributed by atoms with E-state index in [2.05, 4.69) is 20.3 Å². The fourth-order valence-corrected chi connectivity index (χ4v) is 3.78. The van der Waals surface area contributed by atoms with Crippen molar-refractivity contribution in [2.75, 3.05) is 6.54 Å². The minimum absolute atomic E-state index is 0.258. The quantitative estimate of drug-likeness (QED) is 0.545. The summed E-state index contributed by atoms with van der Waals surface area (Å²) in [5, 5.41) is 4.29. The zero-order chi connectivity index (χ0) is 18.6. The van der Waals surface area contributed by atoms with Gasteiger partial charge in [-0.15, -0.1) is 11.3 Å². The van der Waals surface area contributed by atoms with Crippen LogP contribution in [0.1, 0.15) is 16.1 Å². The van der Waals surface area contributed by atoms with Gasteiger partial charge in [-0.2, -0.15) is 0 Å². The lowest BCUT2D eigenvalue weighted by atomic mass is 10.1. The summed E-state index contributed by atoms with van der Waals surface area (Å²) < 4.78 is 1.05. The van der Waals surface area contributed by atoms with Crippen molar-refractivity contribution in [3.63, 3.8) is 0 Å². The third kappa shape index (κ3) is 3.97. The molecular weight excluding hydrogens is 380 g/mol. The van der Waals surface area contributed by atoms with Gasteiger partial charge in [-0.1, -0.05) is 35.9 Å². The molecule has 4 aromatic rings. The average Bonchev–Trinajstić information content (AvgIpc) is 3.13. The van der Waals surface area contributed by atoms with Gasteiger partial charge in [0.05, 0.1) is 10.2 Å². The highest BCUT2D eigenvalue weighted by atomic mass is 35.5. The lowest BCUT2D eigenvalue weighted by Gasteiger charge is -2.07. The van der Waals surface area contributed by atoms with Gasteiger partial charge in [-0.25, -0.2) is 15.0 Å². The lowest BCUT2D eigenvalue weighted by Crippen LogP contribution is -2.27. The molecule has 0 atom stereocenters. The largest absolute Gasteiger partial charge is 0.350 e. The monoisotopic (exact) mass is 394 g/mol. The summed E-state index contributed by atoms with van der Waals surface area (Å²) in [6.45, 7) is 0.496. The first kappa shape index (κ1) is 17.6. The minimum atomic E-state index is -0.258. The molecule has 27 heavy (non-hydrogen) atoms. The molecule has 7 heteroatoms. The Kier molecular flexibility index (Phi) is 5.09. The van der Waals surface area contributed by atoms with Gasteiger partial charge in [0, 0.05) is 24.0 Å². The van der Waals surface area contributed by atoms with E-state index in [1.165, 1.54) is 17.5 Å². The SMILES string of the molecule is O=C(NCCc1ccc(Cl)cc1)c1nccnc1-c1nc2ccccc2s1. The Labute approximate surface area is 165 Å². The van der Waals surface area contributed by atoms with Crippen LogP contribution in [0.3, 0.4) is 0 Å². The molecule has 0 fully saturated rings. The van der Waals surface area contributed by atoms with E-state index in [1.807, 2.05) is 48.5 Å². The van der Waals surface area contributed by atoms with Crippen LogP contribution in [-0.2, 0) is 6.42 Å². The van der Waals surface area contributed by atoms with Gasteiger partial charge in [0.15, 0.2) is 5.69 Å². The van der Waals surface area contributed by atoms with Crippen LogP contribution >= 0.6 is 22.9 Å². The number of nitrogens with zero attached hydrogens (tertiary/aromatic N) is 3. The summed E-state index contributed by atoms with van der Waals surface area (Å²) in [6, 6.07) is 15.4. The molecule has 0 saturated carbocycles. The highest BCUT2D eigenvalue weighted by Gasteiger charge is 2.18. The molecule has 0 aliphatic carbocycles. The third-order valence-corrected chi connectivity index (χ3v) is 5.32. The summed E-state index contributed by atoms with van der Waals surface area (Å²) in [4.78, 5) is 25.8. The fourth-order valence-electron chi connectivity index (χ4n) is 2.69. The summed E-state index contributed by atoms with van der Waals surface area (Å²) in [7, 11) is 0. The first-order valence-electron chi connectivity index (χ1n) is 8.40. The normalized spacial score (nSPS) is 10.9. The number of nitrogens with one attached hydrogen (secondary N) is 1. The number of aromatic nitrogens is 3. The van der Waals surface area contributed by atoms with Gasteiger partial charge in [0.1, 0.15) is 10.7 Å². The van der Waals surface area contributed by atoms with E-state index >= 15 is 0 Å². The van der Waals surface area contributed by atoms with Crippen molar-refractivity contribution < 1.29 is 4.79 Å². The predicted octanol–water partition coefficient (Wildman–Crippen LogP) is 4.38. The average molecular weight is 395 g/mol. The highest BCUT2D eigenvalue weighted by molar-refractivity contribution is 7.21. The maximum Gasteiger partial charge on any atom is 0.272 e. The fraction of sp³-hybridized carbons (Fsp3) is 0.100. The predicted molar refractivity (Wildman–Crippen MR) is 108 cm³/mol. The second-order valence-corrected chi connectivity index (χ2v) is 7.34. The number of rotatable bonds is 5. The molecule has 2 aromatic heterocycles. The Morgan fingerprint density at radius 1 is 1.04 bits per heavy atom. The number of para-hydroxylation sites is 1. The molecule has 4 rings (SSSR count). The Morgan fingerprint density at radius 2 is 1.81 bits per heavy atom. The molecule has 0 bridgehead atoms. The van der Waals surface area contributed by atoms with Crippen molar-refractivity contribution in [3.8, 4) is 10.7 Å². The van der Waals surface area contributed by atoms with Crippen LogP contribution in [0, 0.1) is 0 Å². The number of amides is 1.